The molecule has 0 aliphatic heterocycles. The van der Waals surface area contributed by atoms with Crippen molar-refractivity contribution in [3.8, 4) is 0 Å². The van der Waals surface area contributed by atoms with Crippen LogP contribution in [0.1, 0.15) is 39.0 Å². The van der Waals surface area contributed by atoms with Crippen LogP contribution in [0.25, 0.3) is 0 Å². The van der Waals surface area contributed by atoms with E-state index < -0.39 is 0 Å². The Labute approximate surface area is 98.5 Å². The van der Waals surface area contributed by atoms with Gasteiger partial charge in [0.15, 0.2) is 0 Å². The second kappa shape index (κ2) is 7.53. The SMILES string of the molecule is COC1CCCC(NCCC(C)SC)C1. The number of thioether (sulfide) groups is 1. The molecule has 0 radical (unpaired) electrons. The Bertz CT molecular complexity index is 166. The second-order valence-corrected chi connectivity index (χ2v) is 5.79. The van der Waals surface area contributed by atoms with Gasteiger partial charge in [-0.3, -0.25) is 0 Å². The highest BCUT2D eigenvalue weighted by Crippen LogP contribution is 2.20. The summed E-state index contributed by atoms with van der Waals surface area (Å²) in [5.41, 5.74) is 0. The molecule has 0 aromatic carbocycles. The van der Waals surface area contributed by atoms with E-state index in [1.54, 1.807) is 0 Å². The topological polar surface area (TPSA) is 21.3 Å². The van der Waals surface area contributed by atoms with Gasteiger partial charge in [0.05, 0.1) is 6.10 Å². The molecule has 0 heterocycles. The largest absolute Gasteiger partial charge is 0.381 e. The zero-order valence-corrected chi connectivity index (χ0v) is 11.1. The van der Waals surface area contributed by atoms with Gasteiger partial charge in [-0.15, -0.1) is 0 Å². The lowest BCUT2D eigenvalue weighted by Crippen LogP contribution is -2.37. The standard InChI is InChI=1S/C12H25NOS/c1-10(15-3)7-8-13-11-5-4-6-12(9-11)14-2/h10-13H,4-9H2,1-3H3. The number of ether oxygens (including phenoxy) is 1. The van der Waals surface area contributed by atoms with E-state index in [-0.39, 0.29) is 0 Å². The molecule has 2 nitrogen and oxygen atoms in total. The summed E-state index contributed by atoms with van der Waals surface area (Å²) in [6, 6.07) is 0.692. The molecule has 0 aromatic heterocycles. The van der Waals surface area contributed by atoms with Crippen molar-refractivity contribution in [3.05, 3.63) is 0 Å². The Morgan fingerprint density at radius 3 is 2.93 bits per heavy atom. The smallest absolute Gasteiger partial charge is 0.0586 e. The van der Waals surface area contributed by atoms with E-state index in [1.807, 2.05) is 18.9 Å². The fraction of sp³-hybridized carbons (Fsp3) is 1.00. The monoisotopic (exact) mass is 231 g/mol. The number of hydrogen-bond acceptors (Lipinski definition) is 3. The van der Waals surface area contributed by atoms with Crippen molar-refractivity contribution in [2.45, 2.75) is 56.4 Å². The van der Waals surface area contributed by atoms with Crippen molar-refractivity contribution in [1.29, 1.82) is 0 Å². The number of rotatable bonds is 6. The molecular weight excluding hydrogens is 206 g/mol. The number of nitrogens with one attached hydrogen (secondary N) is 1. The van der Waals surface area contributed by atoms with E-state index in [0.29, 0.717) is 12.1 Å². The third-order valence-electron chi connectivity index (χ3n) is 3.35. The molecule has 0 bridgehead atoms. The fourth-order valence-corrected chi connectivity index (χ4v) is 2.51. The molecule has 0 spiro atoms. The highest BCUT2D eigenvalue weighted by atomic mass is 32.2. The lowest BCUT2D eigenvalue weighted by Gasteiger charge is -2.29. The molecule has 90 valence electrons. The van der Waals surface area contributed by atoms with Gasteiger partial charge in [0.1, 0.15) is 0 Å². The Balaban J connectivity index is 2.10. The van der Waals surface area contributed by atoms with Crippen molar-refractivity contribution in [1.82, 2.24) is 5.32 Å². The van der Waals surface area contributed by atoms with Crippen LogP contribution in [-0.2, 0) is 4.74 Å². The lowest BCUT2D eigenvalue weighted by molar-refractivity contribution is 0.0589. The maximum absolute atomic E-state index is 5.43. The van der Waals surface area contributed by atoms with Gasteiger partial charge >= 0.3 is 0 Å². The maximum atomic E-state index is 5.43. The van der Waals surface area contributed by atoms with E-state index >= 15 is 0 Å². The van der Waals surface area contributed by atoms with Gasteiger partial charge in [0.2, 0.25) is 0 Å². The van der Waals surface area contributed by atoms with Gasteiger partial charge in [-0.05, 0) is 44.9 Å². The van der Waals surface area contributed by atoms with E-state index in [1.165, 1.54) is 32.1 Å². The average molecular weight is 231 g/mol. The summed E-state index contributed by atoms with van der Waals surface area (Å²) in [5, 5.41) is 4.43. The molecule has 0 aromatic rings. The van der Waals surface area contributed by atoms with Crippen molar-refractivity contribution >= 4 is 11.8 Å². The third-order valence-corrected chi connectivity index (χ3v) is 4.39. The lowest BCUT2D eigenvalue weighted by atomic mass is 9.93. The van der Waals surface area contributed by atoms with Gasteiger partial charge in [-0.25, -0.2) is 0 Å². The van der Waals surface area contributed by atoms with Crippen LogP contribution < -0.4 is 5.32 Å². The summed E-state index contributed by atoms with van der Waals surface area (Å²) in [6.07, 6.45) is 9.04. The van der Waals surface area contributed by atoms with Crippen LogP contribution in [0.3, 0.4) is 0 Å². The normalized spacial score (nSPS) is 29.0. The highest BCUT2D eigenvalue weighted by molar-refractivity contribution is 7.99. The average Bonchev–Trinajstić information content (AvgIpc) is 2.29. The molecule has 0 saturated heterocycles. The molecule has 1 rings (SSSR count). The van der Waals surface area contributed by atoms with E-state index in [0.717, 1.165) is 11.8 Å². The summed E-state index contributed by atoms with van der Waals surface area (Å²) in [6.45, 7) is 3.45. The molecule has 0 amide bonds. The van der Waals surface area contributed by atoms with Gasteiger partial charge in [-0.1, -0.05) is 6.92 Å². The molecule has 1 aliphatic carbocycles. The number of methoxy groups -OCH3 is 1. The van der Waals surface area contributed by atoms with Crippen molar-refractivity contribution in [3.63, 3.8) is 0 Å². The maximum Gasteiger partial charge on any atom is 0.0586 e. The van der Waals surface area contributed by atoms with Crippen LogP contribution in [0, 0.1) is 0 Å². The fourth-order valence-electron chi connectivity index (χ4n) is 2.15. The van der Waals surface area contributed by atoms with Gasteiger partial charge < -0.3 is 10.1 Å². The molecule has 1 N–H and O–H groups in total. The molecule has 15 heavy (non-hydrogen) atoms. The molecule has 1 saturated carbocycles. The zero-order valence-electron chi connectivity index (χ0n) is 10.3. The van der Waals surface area contributed by atoms with Crippen LogP contribution >= 0.6 is 11.8 Å². The van der Waals surface area contributed by atoms with Crippen LogP contribution in [0.2, 0.25) is 0 Å². The van der Waals surface area contributed by atoms with Crippen molar-refractivity contribution in [2.75, 3.05) is 19.9 Å². The summed E-state index contributed by atoms with van der Waals surface area (Å²) >= 11 is 1.95. The highest BCUT2D eigenvalue weighted by Gasteiger charge is 2.20. The predicted octanol–water partition coefficient (Wildman–Crippen LogP) is 2.68. The van der Waals surface area contributed by atoms with Gasteiger partial charge in [0, 0.05) is 18.4 Å². The third kappa shape index (κ3) is 5.23. The second-order valence-electron chi connectivity index (χ2n) is 4.51. The Hall–Kier alpha value is 0.270. The molecule has 3 atom stereocenters. The van der Waals surface area contributed by atoms with Gasteiger partial charge in [0.25, 0.3) is 0 Å². The quantitative estimate of drug-likeness (QED) is 0.759. The molecule has 3 unspecified atom stereocenters. The Kier molecular flexibility index (Phi) is 6.69. The molecular formula is C12H25NOS. The first-order valence-corrected chi connectivity index (χ1v) is 7.34. The van der Waals surface area contributed by atoms with Crippen LogP contribution in [-0.4, -0.2) is 37.3 Å². The minimum atomic E-state index is 0.495. The van der Waals surface area contributed by atoms with Crippen molar-refractivity contribution < 1.29 is 4.74 Å². The predicted molar refractivity (Wildman–Crippen MR) is 68.6 cm³/mol. The molecule has 1 aliphatic rings. The minimum Gasteiger partial charge on any atom is -0.381 e. The van der Waals surface area contributed by atoms with Crippen molar-refractivity contribution in [2.24, 2.45) is 0 Å². The van der Waals surface area contributed by atoms with E-state index in [9.17, 15) is 0 Å². The first-order valence-electron chi connectivity index (χ1n) is 6.05. The summed E-state index contributed by atoms with van der Waals surface area (Å²) < 4.78 is 5.43. The van der Waals surface area contributed by atoms with E-state index in [2.05, 4.69) is 18.5 Å². The zero-order chi connectivity index (χ0) is 11.1. The van der Waals surface area contributed by atoms with E-state index in [4.69, 9.17) is 4.74 Å². The molecule has 1 fully saturated rings. The van der Waals surface area contributed by atoms with Gasteiger partial charge in [-0.2, -0.15) is 11.8 Å². The Morgan fingerprint density at radius 2 is 2.27 bits per heavy atom. The summed E-state index contributed by atoms with van der Waals surface area (Å²) in [7, 11) is 1.84. The molecule has 3 heteroatoms. The minimum absolute atomic E-state index is 0.495. The first-order chi connectivity index (χ1) is 7.26. The van der Waals surface area contributed by atoms with Crippen LogP contribution in [0.15, 0.2) is 0 Å². The van der Waals surface area contributed by atoms with Crippen LogP contribution in [0.5, 0.6) is 0 Å². The first kappa shape index (κ1) is 13.3. The summed E-state index contributed by atoms with van der Waals surface area (Å²) in [5.74, 6) is 0. The van der Waals surface area contributed by atoms with Crippen LogP contribution in [0.4, 0.5) is 0 Å². The summed E-state index contributed by atoms with van der Waals surface area (Å²) in [4.78, 5) is 0. The number of hydrogen-bond donors (Lipinski definition) is 1. The Morgan fingerprint density at radius 1 is 1.47 bits per heavy atom.